The molecule has 0 saturated heterocycles. The van der Waals surface area contributed by atoms with Crippen molar-refractivity contribution in [3.8, 4) is 0 Å². The summed E-state index contributed by atoms with van der Waals surface area (Å²) in [4.78, 5) is 48.0. The molecule has 0 aliphatic rings. The molecule has 0 aliphatic carbocycles. The van der Waals surface area contributed by atoms with Gasteiger partial charge in [-0.2, -0.15) is 0 Å². The molecule has 0 spiro atoms. The zero-order chi connectivity index (χ0) is 22.6. The molecule has 0 fully saturated rings. The minimum Gasteiger partial charge on any atom is -0.480 e. The number of nitrogens with one attached hydrogen (secondary N) is 3. The largest absolute Gasteiger partial charge is 0.480 e. The fourth-order valence-corrected chi connectivity index (χ4v) is 2.49. The summed E-state index contributed by atoms with van der Waals surface area (Å²) in [6.07, 6.45) is 1.70. The lowest BCUT2D eigenvalue weighted by Crippen LogP contribution is -2.56. The molecule has 29 heavy (non-hydrogen) atoms. The van der Waals surface area contributed by atoms with E-state index < -0.39 is 54.5 Å². The summed E-state index contributed by atoms with van der Waals surface area (Å²) in [5.41, 5.74) is 10.8. The van der Waals surface area contributed by atoms with Crippen LogP contribution in [0.1, 0.15) is 46.5 Å². The Kier molecular flexibility index (Phi) is 12.8. The Morgan fingerprint density at radius 2 is 1.48 bits per heavy atom. The molecular weight excluding hydrogens is 382 g/mol. The highest BCUT2D eigenvalue weighted by molar-refractivity contribution is 5.93. The topological polar surface area (TPSA) is 197 Å². The third kappa shape index (κ3) is 10.8. The van der Waals surface area contributed by atoms with Gasteiger partial charge in [0.15, 0.2) is 0 Å². The van der Waals surface area contributed by atoms with Gasteiger partial charge in [0, 0.05) is 0 Å². The number of aliphatic hydroxyl groups is 1. The summed E-state index contributed by atoms with van der Waals surface area (Å²) in [6.45, 7) is 4.98. The number of carbonyl (C=O) groups excluding carboxylic acids is 3. The number of nitrogens with two attached hydrogens (primary N) is 2. The van der Waals surface area contributed by atoms with Crippen molar-refractivity contribution in [3.63, 3.8) is 0 Å². The first-order chi connectivity index (χ1) is 13.5. The second-order valence-electron chi connectivity index (χ2n) is 7.39. The van der Waals surface area contributed by atoms with Crippen LogP contribution in [0, 0.1) is 5.92 Å². The lowest BCUT2D eigenvalue weighted by molar-refractivity contribution is -0.142. The number of unbranched alkanes of at least 4 members (excludes halogenated alkanes) is 1. The molecular formula is C18H35N5O6. The predicted octanol–water partition coefficient (Wildman–Crippen LogP) is -1.96. The van der Waals surface area contributed by atoms with Gasteiger partial charge in [0.2, 0.25) is 17.7 Å². The molecule has 0 aromatic heterocycles. The zero-order valence-corrected chi connectivity index (χ0v) is 17.3. The number of aliphatic hydroxyl groups excluding tert-OH is 1. The summed E-state index contributed by atoms with van der Waals surface area (Å²) in [5, 5.41) is 25.5. The average Bonchev–Trinajstić information content (AvgIpc) is 2.65. The Balaban J connectivity index is 4.93. The number of carbonyl (C=O) groups is 4. The molecule has 0 radical (unpaired) electrons. The number of carboxylic acid groups (broad SMARTS) is 1. The van der Waals surface area contributed by atoms with Gasteiger partial charge < -0.3 is 37.6 Å². The van der Waals surface area contributed by atoms with Crippen LogP contribution in [0.15, 0.2) is 0 Å². The van der Waals surface area contributed by atoms with Crippen LogP contribution in [0.5, 0.6) is 0 Å². The van der Waals surface area contributed by atoms with Crippen LogP contribution in [0.4, 0.5) is 0 Å². The maximum atomic E-state index is 12.5. The van der Waals surface area contributed by atoms with Crippen LogP contribution in [0.25, 0.3) is 0 Å². The van der Waals surface area contributed by atoms with E-state index in [1.165, 1.54) is 6.92 Å². The third-order valence-corrected chi connectivity index (χ3v) is 4.19. The Morgan fingerprint density at radius 1 is 0.897 bits per heavy atom. The molecule has 11 heteroatoms. The van der Waals surface area contributed by atoms with E-state index in [-0.39, 0.29) is 12.3 Å². The first-order valence-corrected chi connectivity index (χ1v) is 9.73. The SMILES string of the molecule is CC(C)CC(NC(=O)C(N)CO)C(=O)NC(C)C(=O)NC(CCCCN)C(=O)O. The van der Waals surface area contributed by atoms with Gasteiger partial charge in [0.05, 0.1) is 6.61 Å². The Bertz CT molecular complexity index is 557. The average molecular weight is 418 g/mol. The van der Waals surface area contributed by atoms with Gasteiger partial charge in [0.1, 0.15) is 24.2 Å². The molecule has 4 atom stereocenters. The summed E-state index contributed by atoms with van der Waals surface area (Å²) >= 11 is 0. The van der Waals surface area contributed by atoms with Crippen LogP contribution in [0.3, 0.4) is 0 Å². The second-order valence-corrected chi connectivity index (χ2v) is 7.39. The molecule has 0 rings (SSSR count). The van der Waals surface area contributed by atoms with E-state index in [4.69, 9.17) is 16.6 Å². The smallest absolute Gasteiger partial charge is 0.326 e. The molecule has 0 aromatic carbocycles. The second kappa shape index (κ2) is 13.9. The molecule has 168 valence electrons. The standard InChI is InChI=1S/C18H35N5O6/c1-10(2)8-14(23-16(26)12(20)9-24)17(27)21-11(3)15(25)22-13(18(28)29)6-4-5-7-19/h10-14,24H,4-9,19-20H2,1-3H3,(H,21,27)(H,22,25)(H,23,26)(H,28,29). The van der Waals surface area contributed by atoms with Crippen molar-refractivity contribution in [1.29, 1.82) is 0 Å². The van der Waals surface area contributed by atoms with Crippen LogP contribution < -0.4 is 27.4 Å². The van der Waals surface area contributed by atoms with Crippen molar-refractivity contribution in [2.75, 3.05) is 13.2 Å². The van der Waals surface area contributed by atoms with Gasteiger partial charge in [-0.25, -0.2) is 4.79 Å². The molecule has 0 aromatic rings. The zero-order valence-electron chi connectivity index (χ0n) is 17.3. The van der Waals surface area contributed by atoms with Gasteiger partial charge in [-0.15, -0.1) is 0 Å². The third-order valence-electron chi connectivity index (χ3n) is 4.19. The molecule has 4 unspecified atom stereocenters. The predicted molar refractivity (Wildman–Crippen MR) is 107 cm³/mol. The van der Waals surface area contributed by atoms with Gasteiger partial charge in [-0.1, -0.05) is 13.8 Å². The molecule has 0 aliphatic heterocycles. The van der Waals surface area contributed by atoms with Crippen LogP contribution in [-0.4, -0.2) is 71.2 Å². The quantitative estimate of drug-likeness (QED) is 0.158. The van der Waals surface area contributed by atoms with E-state index >= 15 is 0 Å². The Labute approximate surface area is 171 Å². The molecule has 3 amide bonds. The maximum Gasteiger partial charge on any atom is 0.326 e. The lowest BCUT2D eigenvalue weighted by Gasteiger charge is -2.24. The normalized spacial score (nSPS) is 15.1. The molecule has 9 N–H and O–H groups in total. The van der Waals surface area contributed by atoms with E-state index in [0.29, 0.717) is 25.8 Å². The van der Waals surface area contributed by atoms with E-state index in [2.05, 4.69) is 16.0 Å². The monoisotopic (exact) mass is 417 g/mol. The highest BCUT2D eigenvalue weighted by Gasteiger charge is 2.28. The summed E-state index contributed by atoms with van der Waals surface area (Å²) in [7, 11) is 0. The number of rotatable bonds is 14. The molecule has 0 saturated carbocycles. The number of hydrogen-bond acceptors (Lipinski definition) is 7. The van der Waals surface area contributed by atoms with Crippen molar-refractivity contribution < 1.29 is 29.4 Å². The van der Waals surface area contributed by atoms with Crippen LogP contribution in [-0.2, 0) is 19.2 Å². The summed E-state index contributed by atoms with van der Waals surface area (Å²) in [5.74, 6) is -3.05. The first kappa shape index (κ1) is 26.8. The number of hydrogen-bond donors (Lipinski definition) is 7. The van der Waals surface area contributed by atoms with Crippen LogP contribution >= 0.6 is 0 Å². The number of amides is 3. The van der Waals surface area contributed by atoms with Crippen molar-refractivity contribution in [2.24, 2.45) is 17.4 Å². The Morgan fingerprint density at radius 3 is 1.97 bits per heavy atom. The van der Waals surface area contributed by atoms with Crippen molar-refractivity contribution in [1.82, 2.24) is 16.0 Å². The maximum absolute atomic E-state index is 12.5. The van der Waals surface area contributed by atoms with Crippen molar-refractivity contribution >= 4 is 23.7 Å². The molecule has 0 heterocycles. The van der Waals surface area contributed by atoms with Gasteiger partial charge >= 0.3 is 5.97 Å². The van der Waals surface area contributed by atoms with E-state index in [0.717, 1.165) is 0 Å². The van der Waals surface area contributed by atoms with E-state index in [9.17, 15) is 24.3 Å². The summed E-state index contributed by atoms with van der Waals surface area (Å²) < 4.78 is 0. The first-order valence-electron chi connectivity index (χ1n) is 9.73. The van der Waals surface area contributed by atoms with Crippen molar-refractivity contribution in [2.45, 2.75) is 70.6 Å². The molecule has 0 bridgehead atoms. The highest BCUT2D eigenvalue weighted by atomic mass is 16.4. The fraction of sp³-hybridized carbons (Fsp3) is 0.778. The van der Waals surface area contributed by atoms with Gasteiger partial charge in [0.25, 0.3) is 0 Å². The van der Waals surface area contributed by atoms with Gasteiger partial charge in [-0.3, -0.25) is 14.4 Å². The van der Waals surface area contributed by atoms with E-state index in [1.807, 2.05) is 13.8 Å². The van der Waals surface area contributed by atoms with Crippen LogP contribution in [0.2, 0.25) is 0 Å². The minimum absolute atomic E-state index is 0.0551. The van der Waals surface area contributed by atoms with Gasteiger partial charge in [-0.05, 0) is 45.1 Å². The highest BCUT2D eigenvalue weighted by Crippen LogP contribution is 2.06. The Hall–Kier alpha value is -2.24. The minimum atomic E-state index is -1.17. The summed E-state index contributed by atoms with van der Waals surface area (Å²) in [6, 6.07) is -4.21. The number of aliphatic carboxylic acids is 1. The lowest BCUT2D eigenvalue weighted by atomic mass is 10.0. The number of carboxylic acids is 1. The fourth-order valence-electron chi connectivity index (χ4n) is 2.49. The van der Waals surface area contributed by atoms with E-state index in [1.54, 1.807) is 0 Å². The molecule has 11 nitrogen and oxygen atoms in total. The van der Waals surface area contributed by atoms with Crippen molar-refractivity contribution in [3.05, 3.63) is 0 Å².